The molecule has 0 N–H and O–H groups in total. The molecule has 0 atom stereocenters. The fourth-order valence-electron chi connectivity index (χ4n) is 2.13. The van der Waals surface area contributed by atoms with Crippen LogP contribution >= 0.6 is 0 Å². The van der Waals surface area contributed by atoms with E-state index in [0.29, 0.717) is 0 Å². The van der Waals surface area contributed by atoms with E-state index in [-0.39, 0.29) is 0 Å². The lowest BCUT2D eigenvalue weighted by atomic mass is 10.1. The molecule has 1 aromatic carbocycles. The molecule has 2 nitrogen and oxygen atoms in total. The number of nitrogens with zero attached hydrogens (tertiary/aromatic N) is 2. The van der Waals surface area contributed by atoms with E-state index in [1.54, 1.807) is 0 Å². The lowest BCUT2D eigenvalue weighted by molar-refractivity contribution is 0.577. The first-order valence-electron chi connectivity index (χ1n) is 5.23. The number of piperazine rings is 1. The molecule has 0 saturated carbocycles. The highest BCUT2D eigenvalue weighted by atomic mass is 15.2. The van der Waals surface area contributed by atoms with E-state index in [9.17, 15) is 0 Å². The molecule has 1 heterocycles. The van der Waals surface area contributed by atoms with Gasteiger partial charge in [-0.1, -0.05) is 18.2 Å². The van der Waals surface area contributed by atoms with Gasteiger partial charge in [0.1, 0.15) is 0 Å². The molecule has 75 valence electrons. The Labute approximate surface area is 85.9 Å². The Morgan fingerprint density at radius 1 is 1.07 bits per heavy atom. The van der Waals surface area contributed by atoms with Crippen LogP contribution in [0.15, 0.2) is 18.2 Å². The van der Waals surface area contributed by atoms with Crippen LogP contribution in [0.1, 0.15) is 11.1 Å². The standard InChI is InChI=1S/C12H17N2/c1-10-4-3-5-11(2)12(10)14-8-6-13-7-9-14/h3-5H,6-9H2,1-2H3. The first-order valence-corrected chi connectivity index (χ1v) is 5.23. The number of anilines is 1. The highest BCUT2D eigenvalue weighted by Gasteiger charge is 2.14. The van der Waals surface area contributed by atoms with E-state index in [0.717, 1.165) is 26.2 Å². The van der Waals surface area contributed by atoms with Gasteiger partial charge in [0, 0.05) is 31.9 Å². The smallest absolute Gasteiger partial charge is 0.0426 e. The molecule has 1 aliphatic rings. The minimum atomic E-state index is 0.980. The maximum absolute atomic E-state index is 4.37. The third-order valence-corrected chi connectivity index (χ3v) is 2.81. The molecule has 1 aliphatic heterocycles. The second-order valence-electron chi connectivity index (χ2n) is 3.90. The third-order valence-electron chi connectivity index (χ3n) is 2.81. The summed E-state index contributed by atoms with van der Waals surface area (Å²) in [5.41, 5.74) is 4.18. The number of aryl methyl sites for hydroxylation is 2. The van der Waals surface area contributed by atoms with Gasteiger partial charge in [-0.2, -0.15) is 0 Å². The summed E-state index contributed by atoms with van der Waals surface area (Å²) in [5, 5.41) is 4.37. The summed E-state index contributed by atoms with van der Waals surface area (Å²) in [4.78, 5) is 2.46. The summed E-state index contributed by atoms with van der Waals surface area (Å²) in [7, 11) is 0. The number of hydrogen-bond acceptors (Lipinski definition) is 1. The predicted octanol–water partition coefficient (Wildman–Crippen LogP) is 1.73. The van der Waals surface area contributed by atoms with Crippen molar-refractivity contribution in [2.75, 3.05) is 31.1 Å². The molecular weight excluding hydrogens is 172 g/mol. The van der Waals surface area contributed by atoms with E-state index in [2.05, 4.69) is 42.3 Å². The van der Waals surface area contributed by atoms with Crippen LogP contribution in [0.4, 0.5) is 5.69 Å². The van der Waals surface area contributed by atoms with Gasteiger partial charge < -0.3 is 4.90 Å². The molecule has 0 aliphatic carbocycles. The molecule has 1 fully saturated rings. The molecule has 0 bridgehead atoms. The van der Waals surface area contributed by atoms with E-state index < -0.39 is 0 Å². The molecule has 0 amide bonds. The number of benzene rings is 1. The van der Waals surface area contributed by atoms with Gasteiger partial charge in [0.15, 0.2) is 0 Å². The van der Waals surface area contributed by atoms with Crippen LogP contribution in [0.25, 0.3) is 0 Å². The summed E-state index contributed by atoms with van der Waals surface area (Å²) in [5.74, 6) is 0. The van der Waals surface area contributed by atoms with Gasteiger partial charge in [0.25, 0.3) is 0 Å². The van der Waals surface area contributed by atoms with Gasteiger partial charge in [0.2, 0.25) is 0 Å². The second kappa shape index (κ2) is 4.01. The molecular formula is C12H17N2. The van der Waals surface area contributed by atoms with Gasteiger partial charge in [0.05, 0.1) is 0 Å². The molecule has 1 aromatic rings. The summed E-state index contributed by atoms with van der Waals surface area (Å²) < 4.78 is 0. The Bertz CT molecular complexity index is 294. The molecule has 0 aromatic heterocycles. The Balaban J connectivity index is 2.29. The van der Waals surface area contributed by atoms with Crippen molar-refractivity contribution >= 4 is 5.69 Å². The van der Waals surface area contributed by atoms with Crippen molar-refractivity contribution in [3.05, 3.63) is 29.3 Å². The molecule has 1 saturated heterocycles. The minimum Gasteiger partial charge on any atom is -0.368 e. The summed E-state index contributed by atoms with van der Waals surface area (Å²) in [6, 6.07) is 6.50. The van der Waals surface area contributed by atoms with Crippen molar-refractivity contribution in [1.29, 1.82) is 0 Å². The van der Waals surface area contributed by atoms with Crippen molar-refractivity contribution in [2.45, 2.75) is 13.8 Å². The summed E-state index contributed by atoms with van der Waals surface area (Å²) >= 11 is 0. The normalized spacial score (nSPS) is 17.1. The van der Waals surface area contributed by atoms with Crippen molar-refractivity contribution in [1.82, 2.24) is 5.32 Å². The zero-order valence-corrected chi connectivity index (χ0v) is 8.95. The number of rotatable bonds is 1. The van der Waals surface area contributed by atoms with Crippen LogP contribution in [0.2, 0.25) is 0 Å². The van der Waals surface area contributed by atoms with Gasteiger partial charge >= 0.3 is 0 Å². The Morgan fingerprint density at radius 3 is 2.21 bits per heavy atom. The molecule has 0 spiro atoms. The highest BCUT2D eigenvalue weighted by Crippen LogP contribution is 2.24. The van der Waals surface area contributed by atoms with Gasteiger partial charge in [-0.3, -0.25) is 0 Å². The van der Waals surface area contributed by atoms with Gasteiger partial charge in [-0.15, -0.1) is 0 Å². The number of hydrogen-bond donors (Lipinski definition) is 0. The largest absolute Gasteiger partial charge is 0.368 e. The topological polar surface area (TPSA) is 17.3 Å². The molecule has 2 rings (SSSR count). The maximum atomic E-state index is 4.37. The molecule has 14 heavy (non-hydrogen) atoms. The van der Waals surface area contributed by atoms with Gasteiger partial charge in [-0.25, -0.2) is 5.32 Å². The van der Waals surface area contributed by atoms with Crippen LogP contribution in [-0.2, 0) is 0 Å². The van der Waals surface area contributed by atoms with E-state index >= 15 is 0 Å². The molecule has 2 heteroatoms. The second-order valence-corrected chi connectivity index (χ2v) is 3.90. The third kappa shape index (κ3) is 1.75. The highest BCUT2D eigenvalue weighted by molar-refractivity contribution is 5.59. The first kappa shape index (κ1) is 9.53. The van der Waals surface area contributed by atoms with Crippen LogP contribution in [0.5, 0.6) is 0 Å². The van der Waals surface area contributed by atoms with E-state index in [4.69, 9.17) is 0 Å². The zero-order chi connectivity index (χ0) is 9.97. The molecule has 1 radical (unpaired) electrons. The minimum absolute atomic E-state index is 0.980. The first-order chi connectivity index (χ1) is 6.79. The lowest BCUT2D eigenvalue weighted by Gasteiger charge is -2.31. The van der Waals surface area contributed by atoms with Crippen molar-refractivity contribution in [3.63, 3.8) is 0 Å². The Morgan fingerprint density at radius 2 is 1.64 bits per heavy atom. The van der Waals surface area contributed by atoms with Crippen molar-refractivity contribution in [2.24, 2.45) is 0 Å². The Hall–Kier alpha value is -1.02. The van der Waals surface area contributed by atoms with Crippen molar-refractivity contribution < 1.29 is 0 Å². The van der Waals surface area contributed by atoms with Crippen LogP contribution in [-0.4, -0.2) is 26.2 Å². The predicted molar refractivity (Wildman–Crippen MR) is 60.0 cm³/mol. The lowest BCUT2D eigenvalue weighted by Crippen LogP contribution is -2.40. The van der Waals surface area contributed by atoms with Crippen LogP contribution in [0.3, 0.4) is 0 Å². The van der Waals surface area contributed by atoms with E-state index in [1.165, 1.54) is 16.8 Å². The van der Waals surface area contributed by atoms with Crippen LogP contribution < -0.4 is 10.2 Å². The van der Waals surface area contributed by atoms with Crippen molar-refractivity contribution in [3.8, 4) is 0 Å². The Kier molecular flexibility index (Phi) is 2.73. The fourth-order valence-corrected chi connectivity index (χ4v) is 2.13. The summed E-state index contributed by atoms with van der Waals surface area (Å²) in [6.07, 6.45) is 0. The SMILES string of the molecule is Cc1cccc(C)c1N1CC[N]CC1. The average Bonchev–Trinajstić information content (AvgIpc) is 2.19. The van der Waals surface area contributed by atoms with E-state index in [1.807, 2.05) is 0 Å². The average molecular weight is 189 g/mol. The summed E-state index contributed by atoms with van der Waals surface area (Å²) in [6.45, 7) is 8.49. The number of para-hydroxylation sites is 1. The fraction of sp³-hybridized carbons (Fsp3) is 0.500. The quantitative estimate of drug-likeness (QED) is 0.657. The van der Waals surface area contributed by atoms with Crippen LogP contribution in [0, 0.1) is 13.8 Å². The zero-order valence-electron chi connectivity index (χ0n) is 8.95. The van der Waals surface area contributed by atoms with Gasteiger partial charge in [-0.05, 0) is 25.0 Å². The maximum Gasteiger partial charge on any atom is 0.0426 e. The molecule has 0 unspecified atom stereocenters. The monoisotopic (exact) mass is 189 g/mol.